The Morgan fingerprint density at radius 2 is 1.38 bits per heavy atom. The maximum atomic E-state index is 13.0. The molecule has 0 saturated heterocycles. The molecule has 0 aliphatic rings. The lowest BCUT2D eigenvalue weighted by atomic mass is 10.1. The monoisotopic (exact) mass is 352 g/mol. The smallest absolute Gasteiger partial charge is 0.242 e. The Morgan fingerprint density at radius 3 is 1.88 bits per heavy atom. The molecular formula is C22H28N2O2. The predicted molar refractivity (Wildman–Crippen MR) is 104 cm³/mol. The zero-order chi connectivity index (χ0) is 19.1. The first-order chi connectivity index (χ1) is 12.4. The molecule has 2 rings (SSSR count). The molecule has 1 unspecified atom stereocenters. The van der Waals surface area contributed by atoms with Crippen LogP contribution in [0.4, 0.5) is 0 Å². The van der Waals surface area contributed by atoms with Crippen molar-refractivity contribution in [3.63, 3.8) is 0 Å². The van der Waals surface area contributed by atoms with Crippen LogP contribution in [0.15, 0.2) is 60.7 Å². The van der Waals surface area contributed by atoms with Crippen molar-refractivity contribution in [3.8, 4) is 0 Å². The van der Waals surface area contributed by atoms with Gasteiger partial charge in [0.15, 0.2) is 0 Å². The Kier molecular flexibility index (Phi) is 6.96. The standard InChI is InChI=1S/C22H28N2O2/c1-17(2)23(15-20-11-7-5-8-12-20)22(26)16-24(19(4)25)18(3)21-13-9-6-10-14-21/h5-14,17-18H,15-16H2,1-4H3. The van der Waals surface area contributed by atoms with Gasteiger partial charge < -0.3 is 9.80 Å². The topological polar surface area (TPSA) is 40.6 Å². The van der Waals surface area contributed by atoms with E-state index in [-0.39, 0.29) is 30.4 Å². The predicted octanol–water partition coefficient (Wildman–Crippen LogP) is 4.03. The highest BCUT2D eigenvalue weighted by Crippen LogP contribution is 2.20. The van der Waals surface area contributed by atoms with Gasteiger partial charge in [0.25, 0.3) is 0 Å². The molecule has 0 N–H and O–H groups in total. The molecule has 0 radical (unpaired) electrons. The van der Waals surface area contributed by atoms with Crippen LogP contribution < -0.4 is 0 Å². The Hall–Kier alpha value is -2.62. The number of hydrogen-bond acceptors (Lipinski definition) is 2. The molecule has 4 heteroatoms. The van der Waals surface area contributed by atoms with E-state index in [9.17, 15) is 9.59 Å². The molecule has 2 aromatic carbocycles. The van der Waals surface area contributed by atoms with Crippen molar-refractivity contribution in [1.29, 1.82) is 0 Å². The average Bonchev–Trinajstić information content (AvgIpc) is 2.64. The van der Waals surface area contributed by atoms with Gasteiger partial charge in [-0.1, -0.05) is 60.7 Å². The Morgan fingerprint density at radius 1 is 0.846 bits per heavy atom. The number of benzene rings is 2. The van der Waals surface area contributed by atoms with Crippen LogP contribution in [0.2, 0.25) is 0 Å². The molecule has 26 heavy (non-hydrogen) atoms. The van der Waals surface area contributed by atoms with Gasteiger partial charge in [-0.05, 0) is 31.9 Å². The maximum absolute atomic E-state index is 13.0. The molecule has 0 aliphatic heterocycles. The number of carbonyl (C=O) groups is 2. The van der Waals surface area contributed by atoms with Crippen molar-refractivity contribution >= 4 is 11.8 Å². The highest BCUT2D eigenvalue weighted by molar-refractivity contribution is 5.84. The fourth-order valence-electron chi connectivity index (χ4n) is 3.01. The summed E-state index contributed by atoms with van der Waals surface area (Å²) in [5.41, 5.74) is 2.11. The lowest BCUT2D eigenvalue weighted by Gasteiger charge is -2.33. The number of rotatable bonds is 7. The lowest BCUT2D eigenvalue weighted by Crippen LogP contribution is -2.45. The van der Waals surface area contributed by atoms with E-state index in [1.54, 1.807) is 4.90 Å². The largest absolute Gasteiger partial charge is 0.334 e. The molecule has 2 aromatic rings. The highest BCUT2D eigenvalue weighted by atomic mass is 16.2. The van der Waals surface area contributed by atoms with Gasteiger partial charge in [0, 0.05) is 19.5 Å². The van der Waals surface area contributed by atoms with Crippen molar-refractivity contribution in [2.45, 2.75) is 46.3 Å². The van der Waals surface area contributed by atoms with E-state index >= 15 is 0 Å². The van der Waals surface area contributed by atoms with Gasteiger partial charge >= 0.3 is 0 Å². The molecule has 0 bridgehead atoms. The first kappa shape index (κ1) is 19.7. The third-order valence-electron chi connectivity index (χ3n) is 4.60. The van der Waals surface area contributed by atoms with Crippen molar-refractivity contribution in [2.24, 2.45) is 0 Å². The normalized spacial score (nSPS) is 11.9. The molecule has 0 aliphatic carbocycles. The summed E-state index contributed by atoms with van der Waals surface area (Å²) in [6, 6.07) is 19.6. The van der Waals surface area contributed by atoms with Crippen molar-refractivity contribution < 1.29 is 9.59 Å². The summed E-state index contributed by atoms with van der Waals surface area (Å²) < 4.78 is 0. The van der Waals surface area contributed by atoms with Crippen LogP contribution in [0, 0.1) is 0 Å². The lowest BCUT2D eigenvalue weighted by molar-refractivity contribution is -0.142. The van der Waals surface area contributed by atoms with Crippen LogP contribution in [0.5, 0.6) is 0 Å². The number of hydrogen-bond donors (Lipinski definition) is 0. The van der Waals surface area contributed by atoms with Gasteiger partial charge in [0.2, 0.25) is 11.8 Å². The van der Waals surface area contributed by atoms with Gasteiger partial charge in [-0.25, -0.2) is 0 Å². The summed E-state index contributed by atoms with van der Waals surface area (Å²) in [5, 5.41) is 0. The van der Waals surface area contributed by atoms with Crippen molar-refractivity contribution in [3.05, 3.63) is 71.8 Å². The third-order valence-corrected chi connectivity index (χ3v) is 4.60. The summed E-state index contributed by atoms with van der Waals surface area (Å²) in [6.45, 7) is 8.10. The second-order valence-electron chi connectivity index (χ2n) is 6.83. The van der Waals surface area contributed by atoms with E-state index < -0.39 is 0 Å². The molecule has 0 aromatic heterocycles. The minimum atomic E-state index is -0.150. The van der Waals surface area contributed by atoms with Crippen LogP contribution >= 0.6 is 0 Å². The fraction of sp³-hybridized carbons (Fsp3) is 0.364. The molecule has 0 spiro atoms. The molecule has 138 valence electrons. The van der Waals surface area contributed by atoms with E-state index in [4.69, 9.17) is 0 Å². The van der Waals surface area contributed by atoms with E-state index in [1.807, 2.05) is 86.3 Å². The zero-order valence-corrected chi connectivity index (χ0v) is 16.1. The maximum Gasteiger partial charge on any atom is 0.242 e. The van der Waals surface area contributed by atoms with Gasteiger partial charge in [-0.15, -0.1) is 0 Å². The second-order valence-corrected chi connectivity index (χ2v) is 6.83. The van der Waals surface area contributed by atoms with E-state index in [2.05, 4.69) is 0 Å². The van der Waals surface area contributed by atoms with E-state index in [1.165, 1.54) is 6.92 Å². The quantitative estimate of drug-likeness (QED) is 0.755. The van der Waals surface area contributed by atoms with Crippen LogP contribution in [0.25, 0.3) is 0 Å². The summed E-state index contributed by atoms with van der Waals surface area (Å²) in [4.78, 5) is 28.6. The SMILES string of the molecule is CC(=O)N(CC(=O)N(Cc1ccccc1)C(C)C)C(C)c1ccccc1. The Labute approximate surface area is 156 Å². The number of nitrogens with zero attached hydrogens (tertiary/aromatic N) is 2. The van der Waals surface area contributed by atoms with Crippen molar-refractivity contribution in [2.75, 3.05) is 6.54 Å². The minimum absolute atomic E-state index is 0.0400. The zero-order valence-electron chi connectivity index (χ0n) is 16.1. The molecule has 0 saturated carbocycles. The molecule has 0 heterocycles. The molecule has 2 amide bonds. The van der Waals surface area contributed by atoms with Crippen LogP contribution in [0.1, 0.15) is 44.9 Å². The van der Waals surface area contributed by atoms with Crippen LogP contribution in [0.3, 0.4) is 0 Å². The van der Waals surface area contributed by atoms with Crippen LogP contribution in [-0.4, -0.2) is 34.2 Å². The van der Waals surface area contributed by atoms with Crippen molar-refractivity contribution in [1.82, 2.24) is 9.80 Å². The molecule has 0 fully saturated rings. The van der Waals surface area contributed by atoms with Gasteiger partial charge in [0.1, 0.15) is 6.54 Å². The minimum Gasteiger partial charge on any atom is -0.334 e. The first-order valence-corrected chi connectivity index (χ1v) is 9.05. The Balaban J connectivity index is 2.15. The van der Waals surface area contributed by atoms with Crippen LogP contribution in [-0.2, 0) is 16.1 Å². The summed E-state index contributed by atoms with van der Waals surface area (Å²) in [5.74, 6) is -0.139. The summed E-state index contributed by atoms with van der Waals surface area (Å²) in [6.07, 6.45) is 0. The molecule has 4 nitrogen and oxygen atoms in total. The molecular weight excluding hydrogens is 324 g/mol. The first-order valence-electron chi connectivity index (χ1n) is 9.05. The third kappa shape index (κ3) is 5.19. The highest BCUT2D eigenvalue weighted by Gasteiger charge is 2.25. The van der Waals surface area contributed by atoms with E-state index in [0.29, 0.717) is 6.54 Å². The van der Waals surface area contributed by atoms with Gasteiger partial charge in [-0.3, -0.25) is 9.59 Å². The number of carbonyl (C=O) groups excluding carboxylic acids is 2. The Bertz CT molecular complexity index is 713. The van der Waals surface area contributed by atoms with E-state index in [0.717, 1.165) is 11.1 Å². The molecule has 1 atom stereocenters. The van der Waals surface area contributed by atoms with Gasteiger partial charge in [0.05, 0.1) is 6.04 Å². The average molecular weight is 352 g/mol. The van der Waals surface area contributed by atoms with Gasteiger partial charge in [-0.2, -0.15) is 0 Å². The second kappa shape index (κ2) is 9.18. The summed E-state index contributed by atoms with van der Waals surface area (Å²) in [7, 11) is 0. The summed E-state index contributed by atoms with van der Waals surface area (Å²) >= 11 is 0. The number of amides is 2. The fourth-order valence-corrected chi connectivity index (χ4v) is 3.01.